The highest BCUT2D eigenvalue weighted by Gasteiger charge is 2.57. The Morgan fingerprint density at radius 1 is 1.15 bits per heavy atom. The fraction of sp³-hybridized carbons (Fsp3) is 0.318. The van der Waals surface area contributed by atoms with E-state index in [9.17, 15) is 4.79 Å². The Hall–Kier alpha value is -2.07. The van der Waals surface area contributed by atoms with E-state index < -0.39 is 5.66 Å². The molecule has 1 N–H and O–H groups in total. The molecule has 1 fully saturated rings. The minimum absolute atomic E-state index is 0.110. The van der Waals surface area contributed by atoms with Crippen LogP contribution < -0.4 is 10.2 Å². The normalized spacial score (nSPS) is 23.7. The third-order valence-electron chi connectivity index (χ3n) is 5.77. The molecular formula is C22H23BrN2O. The van der Waals surface area contributed by atoms with Crippen LogP contribution in [-0.4, -0.2) is 18.1 Å². The first-order valence-corrected chi connectivity index (χ1v) is 9.77. The van der Waals surface area contributed by atoms with Crippen molar-refractivity contribution in [1.82, 2.24) is 5.32 Å². The van der Waals surface area contributed by atoms with Crippen molar-refractivity contribution in [3.8, 4) is 0 Å². The molecule has 26 heavy (non-hydrogen) atoms. The van der Waals surface area contributed by atoms with Crippen LogP contribution >= 0.6 is 15.9 Å². The third-order valence-corrected chi connectivity index (χ3v) is 6.30. The maximum atomic E-state index is 12.4. The highest BCUT2D eigenvalue weighted by atomic mass is 79.9. The van der Waals surface area contributed by atoms with Gasteiger partial charge >= 0.3 is 0 Å². The van der Waals surface area contributed by atoms with Crippen LogP contribution in [0.3, 0.4) is 0 Å². The zero-order chi connectivity index (χ0) is 18.5. The van der Waals surface area contributed by atoms with Gasteiger partial charge in [0.05, 0.1) is 0 Å². The fourth-order valence-electron chi connectivity index (χ4n) is 4.26. The summed E-state index contributed by atoms with van der Waals surface area (Å²) >= 11 is 3.48. The van der Waals surface area contributed by atoms with E-state index in [1.54, 1.807) is 0 Å². The van der Waals surface area contributed by atoms with Crippen molar-refractivity contribution in [3.05, 3.63) is 69.7 Å². The first-order valence-electron chi connectivity index (χ1n) is 8.98. The van der Waals surface area contributed by atoms with Gasteiger partial charge in [0, 0.05) is 28.5 Å². The highest BCUT2D eigenvalue weighted by Crippen LogP contribution is 2.52. The number of benzene rings is 2. The number of anilines is 1. The molecule has 4 heteroatoms. The smallest absolute Gasteiger partial charge is 0.223 e. The number of hydrogen-bond acceptors (Lipinski definition) is 2. The van der Waals surface area contributed by atoms with Gasteiger partial charge in [0.25, 0.3) is 0 Å². The summed E-state index contributed by atoms with van der Waals surface area (Å²) in [6.45, 7) is 7.30. The third kappa shape index (κ3) is 2.50. The Kier molecular flexibility index (Phi) is 3.99. The summed E-state index contributed by atoms with van der Waals surface area (Å²) in [5.41, 5.74) is 4.09. The van der Waals surface area contributed by atoms with Crippen LogP contribution in [0.25, 0.3) is 6.08 Å². The van der Waals surface area contributed by atoms with Gasteiger partial charge in [-0.15, -0.1) is 0 Å². The fourth-order valence-corrected chi connectivity index (χ4v) is 4.52. The van der Waals surface area contributed by atoms with E-state index in [0.29, 0.717) is 6.42 Å². The Morgan fingerprint density at radius 3 is 2.62 bits per heavy atom. The van der Waals surface area contributed by atoms with E-state index in [2.05, 4.69) is 89.4 Å². The largest absolute Gasteiger partial charge is 0.344 e. The molecule has 0 saturated carbocycles. The Balaban J connectivity index is 1.84. The lowest BCUT2D eigenvalue weighted by atomic mass is 9.74. The lowest BCUT2D eigenvalue weighted by molar-refractivity contribution is -0.124. The average Bonchev–Trinajstić information content (AvgIpc) is 2.79. The molecule has 0 spiro atoms. The average molecular weight is 411 g/mol. The van der Waals surface area contributed by atoms with Crippen LogP contribution in [-0.2, 0) is 10.2 Å². The van der Waals surface area contributed by atoms with Gasteiger partial charge in [-0.25, -0.2) is 0 Å². The minimum atomic E-state index is -0.550. The minimum Gasteiger partial charge on any atom is -0.344 e. The number of aryl methyl sites for hydroxylation is 1. The first kappa shape index (κ1) is 17.3. The molecule has 4 rings (SSSR count). The van der Waals surface area contributed by atoms with Crippen molar-refractivity contribution in [3.63, 3.8) is 0 Å². The van der Waals surface area contributed by atoms with Crippen LogP contribution in [0.5, 0.6) is 0 Å². The van der Waals surface area contributed by atoms with Crippen molar-refractivity contribution in [2.45, 2.75) is 38.3 Å². The van der Waals surface area contributed by atoms with Gasteiger partial charge in [-0.05, 0) is 42.3 Å². The molecule has 0 aliphatic carbocycles. The number of amides is 1. The lowest BCUT2D eigenvalue weighted by Gasteiger charge is -2.49. The van der Waals surface area contributed by atoms with E-state index in [0.717, 1.165) is 16.6 Å². The number of nitrogens with zero attached hydrogens (tertiary/aromatic N) is 1. The molecule has 1 amide bonds. The monoisotopic (exact) mass is 410 g/mol. The van der Waals surface area contributed by atoms with Crippen LogP contribution in [0, 0.1) is 6.92 Å². The van der Waals surface area contributed by atoms with Crippen molar-refractivity contribution in [2.24, 2.45) is 0 Å². The quantitative estimate of drug-likeness (QED) is 0.771. The first-order chi connectivity index (χ1) is 12.3. The summed E-state index contributed by atoms with van der Waals surface area (Å²) in [6, 6.07) is 14.8. The molecule has 1 saturated heterocycles. The predicted molar refractivity (Wildman–Crippen MR) is 110 cm³/mol. The maximum absolute atomic E-state index is 12.4. The van der Waals surface area contributed by atoms with Gasteiger partial charge in [-0.1, -0.05) is 65.7 Å². The van der Waals surface area contributed by atoms with Crippen molar-refractivity contribution < 1.29 is 4.79 Å². The van der Waals surface area contributed by atoms with E-state index in [1.165, 1.54) is 16.8 Å². The molecule has 2 aliphatic heterocycles. The van der Waals surface area contributed by atoms with Gasteiger partial charge in [0.2, 0.25) is 5.91 Å². The lowest BCUT2D eigenvalue weighted by Crippen LogP contribution is -2.68. The maximum Gasteiger partial charge on any atom is 0.223 e. The van der Waals surface area contributed by atoms with Gasteiger partial charge < -0.3 is 10.2 Å². The summed E-state index contributed by atoms with van der Waals surface area (Å²) in [5, 5.41) is 3.32. The van der Waals surface area contributed by atoms with Gasteiger partial charge in [-0.2, -0.15) is 0 Å². The molecular weight excluding hydrogens is 388 g/mol. The highest BCUT2D eigenvalue weighted by molar-refractivity contribution is 9.10. The summed E-state index contributed by atoms with van der Waals surface area (Å²) in [5.74, 6) is 0.110. The zero-order valence-corrected chi connectivity index (χ0v) is 16.9. The molecule has 0 bridgehead atoms. The molecule has 0 aromatic heterocycles. The summed E-state index contributed by atoms with van der Waals surface area (Å²) in [6.07, 6.45) is 4.81. The van der Waals surface area contributed by atoms with Crippen LogP contribution in [0.4, 0.5) is 5.69 Å². The summed E-state index contributed by atoms with van der Waals surface area (Å²) in [4.78, 5) is 14.8. The van der Waals surface area contributed by atoms with Crippen molar-refractivity contribution in [2.75, 3.05) is 11.4 Å². The number of carbonyl (C=O) groups excluding carboxylic acids is 1. The number of hydrogen-bond donors (Lipinski definition) is 1. The summed E-state index contributed by atoms with van der Waals surface area (Å²) < 4.78 is 1.06. The standard InChI is InChI=1S/C22H23BrN2O/c1-15-4-9-19-18(14-15)21(2,3)22(24-20(26)11-13-25(19)22)12-10-16-5-7-17(23)8-6-16/h4-10,12,14H,11,13H2,1-3H3,(H,24,26). The molecule has 1 atom stereocenters. The Bertz CT molecular complexity index is 901. The number of halogens is 1. The molecule has 3 nitrogen and oxygen atoms in total. The van der Waals surface area contributed by atoms with Gasteiger partial charge in [-0.3, -0.25) is 4.79 Å². The zero-order valence-electron chi connectivity index (χ0n) is 15.3. The predicted octanol–water partition coefficient (Wildman–Crippen LogP) is 4.78. The van der Waals surface area contributed by atoms with Crippen molar-refractivity contribution >= 4 is 33.6 Å². The SMILES string of the molecule is Cc1ccc2c(c1)C(C)(C)C1(C=Cc3ccc(Br)cc3)NC(=O)CCN21. The second kappa shape index (κ2) is 5.98. The van der Waals surface area contributed by atoms with Crippen molar-refractivity contribution in [1.29, 1.82) is 0 Å². The molecule has 134 valence electrons. The number of fused-ring (bicyclic) bond motifs is 3. The Labute approximate surface area is 163 Å². The second-order valence-electron chi connectivity index (χ2n) is 7.75. The van der Waals surface area contributed by atoms with E-state index in [4.69, 9.17) is 0 Å². The summed E-state index contributed by atoms with van der Waals surface area (Å²) in [7, 11) is 0. The molecule has 0 radical (unpaired) electrons. The second-order valence-corrected chi connectivity index (χ2v) is 8.66. The van der Waals surface area contributed by atoms with E-state index >= 15 is 0 Å². The van der Waals surface area contributed by atoms with Gasteiger partial charge in [0.1, 0.15) is 5.66 Å². The van der Waals surface area contributed by atoms with Crippen LogP contribution in [0.1, 0.15) is 37.0 Å². The number of carbonyl (C=O) groups is 1. The topological polar surface area (TPSA) is 32.3 Å². The number of nitrogens with one attached hydrogen (secondary N) is 1. The van der Waals surface area contributed by atoms with Crippen LogP contribution in [0.2, 0.25) is 0 Å². The van der Waals surface area contributed by atoms with E-state index in [1.807, 2.05) is 12.1 Å². The van der Waals surface area contributed by atoms with Crippen LogP contribution in [0.15, 0.2) is 53.0 Å². The molecule has 1 unspecified atom stereocenters. The number of rotatable bonds is 2. The molecule has 2 aromatic rings. The van der Waals surface area contributed by atoms with E-state index in [-0.39, 0.29) is 11.3 Å². The van der Waals surface area contributed by atoms with Gasteiger partial charge in [0.15, 0.2) is 0 Å². The molecule has 2 heterocycles. The molecule has 2 aliphatic rings. The Morgan fingerprint density at radius 2 is 1.88 bits per heavy atom. The molecule has 2 aromatic carbocycles.